The smallest absolute Gasteiger partial charge is 0.229 e. The zero-order valence-electron chi connectivity index (χ0n) is 16.8. The second-order valence-electron chi connectivity index (χ2n) is 8.68. The summed E-state index contributed by atoms with van der Waals surface area (Å²) < 4.78 is 34.5. The van der Waals surface area contributed by atoms with E-state index in [1.807, 2.05) is 0 Å². The minimum Gasteiger partial charge on any atom is -0.370 e. The van der Waals surface area contributed by atoms with Gasteiger partial charge in [0.05, 0.1) is 30.4 Å². The van der Waals surface area contributed by atoms with Crippen LogP contribution in [-0.4, -0.2) is 105 Å². The first-order valence-corrected chi connectivity index (χ1v) is 10.6. The maximum absolute atomic E-state index is 14.7. The van der Waals surface area contributed by atoms with Crippen molar-refractivity contribution >= 4 is 5.91 Å². The van der Waals surface area contributed by atoms with Gasteiger partial charge in [-0.3, -0.25) is 10.1 Å². The number of amides is 1. The van der Waals surface area contributed by atoms with Crippen molar-refractivity contribution < 1.29 is 18.3 Å². The first-order chi connectivity index (χ1) is 13.9. The van der Waals surface area contributed by atoms with Crippen LogP contribution < -0.4 is 27.1 Å². The van der Waals surface area contributed by atoms with Crippen LogP contribution in [-0.2, 0) is 9.53 Å². The van der Waals surface area contributed by atoms with Crippen LogP contribution >= 0.6 is 0 Å². The fourth-order valence-corrected chi connectivity index (χ4v) is 4.78. The van der Waals surface area contributed by atoms with Crippen LogP contribution in [0.15, 0.2) is 0 Å². The third-order valence-electron chi connectivity index (χ3n) is 6.42. The predicted molar refractivity (Wildman–Crippen MR) is 103 cm³/mol. The number of piperidine rings is 2. The number of fused-ring (bicyclic) bond motifs is 1. The topological polar surface area (TPSA) is 107 Å². The summed E-state index contributed by atoms with van der Waals surface area (Å²) in [6, 6.07) is -0.482. The van der Waals surface area contributed by atoms with E-state index < -0.39 is 36.6 Å². The molecule has 4 aliphatic heterocycles. The van der Waals surface area contributed by atoms with Gasteiger partial charge in [0.25, 0.3) is 0 Å². The van der Waals surface area contributed by atoms with Gasteiger partial charge in [-0.1, -0.05) is 0 Å². The van der Waals surface area contributed by atoms with Gasteiger partial charge in [0, 0.05) is 39.3 Å². The maximum atomic E-state index is 14.7. The lowest BCUT2D eigenvalue weighted by molar-refractivity contribution is -0.133. The van der Waals surface area contributed by atoms with Crippen molar-refractivity contribution in [1.82, 2.24) is 31.3 Å². The molecule has 0 saturated carbocycles. The van der Waals surface area contributed by atoms with Crippen LogP contribution in [0, 0.1) is 5.92 Å². The molecule has 6 N–H and O–H groups in total. The minimum atomic E-state index is -1.19. The summed E-state index contributed by atoms with van der Waals surface area (Å²) in [7, 11) is 2.06. The number of ether oxygens (including phenoxy) is 1. The predicted octanol–water partition coefficient (Wildman–Crippen LogP) is -2.12. The van der Waals surface area contributed by atoms with E-state index in [0.717, 1.165) is 25.9 Å². The molecule has 4 aliphatic rings. The van der Waals surface area contributed by atoms with Crippen molar-refractivity contribution in [3.05, 3.63) is 0 Å². The Kier molecular flexibility index (Phi) is 6.64. The lowest BCUT2D eigenvalue weighted by atomic mass is 9.97. The highest BCUT2D eigenvalue weighted by Crippen LogP contribution is 2.24. The first-order valence-electron chi connectivity index (χ1n) is 10.6. The molecule has 7 unspecified atom stereocenters. The molecule has 0 radical (unpaired) electrons. The van der Waals surface area contributed by atoms with Crippen LogP contribution in [0.4, 0.5) is 8.78 Å². The van der Waals surface area contributed by atoms with Crippen LogP contribution in [0.2, 0.25) is 0 Å². The normalized spacial score (nSPS) is 42.6. The summed E-state index contributed by atoms with van der Waals surface area (Å²) in [4.78, 5) is 15.3. The van der Waals surface area contributed by atoms with Crippen LogP contribution in [0.3, 0.4) is 0 Å². The van der Waals surface area contributed by atoms with Crippen LogP contribution in [0.25, 0.3) is 0 Å². The molecule has 0 aromatic rings. The molecule has 0 aromatic heterocycles. The van der Waals surface area contributed by atoms with Crippen molar-refractivity contribution in [2.75, 3.05) is 46.3 Å². The van der Waals surface area contributed by atoms with Gasteiger partial charge in [-0.2, -0.15) is 0 Å². The first kappa shape index (κ1) is 21.3. The number of carbonyl (C=O) groups excluding carboxylic acids is 1. The number of halogens is 2. The third-order valence-corrected chi connectivity index (χ3v) is 6.42. The number of nitrogens with two attached hydrogens (primary N) is 1. The third kappa shape index (κ3) is 4.71. The highest BCUT2D eigenvalue weighted by molar-refractivity contribution is 5.80. The monoisotopic (exact) mass is 417 g/mol. The van der Waals surface area contributed by atoms with E-state index in [1.54, 1.807) is 5.01 Å². The molecule has 4 saturated heterocycles. The number of hydrazine groups is 1. The Hall–Kier alpha value is -0.950. The average Bonchev–Trinajstić information content (AvgIpc) is 3.01. The molecule has 11 heteroatoms. The largest absolute Gasteiger partial charge is 0.370 e. The maximum Gasteiger partial charge on any atom is 0.229 e. The Labute approximate surface area is 170 Å². The Balaban J connectivity index is 1.39. The lowest BCUT2D eigenvalue weighted by Gasteiger charge is -2.40. The Morgan fingerprint density at radius 2 is 1.97 bits per heavy atom. The Bertz CT molecular complexity index is 580. The molecule has 1 amide bonds. The molecule has 29 heavy (non-hydrogen) atoms. The number of hydrogen-bond donors (Lipinski definition) is 5. The van der Waals surface area contributed by atoms with Gasteiger partial charge < -0.3 is 26.0 Å². The zero-order valence-corrected chi connectivity index (χ0v) is 16.8. The van der Waals surface area contributed by atoms with Gasteiger partial charge in [-0.05, 0) is 19.9 Å². The molecule has 7 atom stereocenters. The number of nitrogens with zero attached hydrogens (tertiary/aromatic N) is 2. The highest BCUT2D eigenvalue weighted by Gasteiger charge is 2.48. The SMILES string of the molecule is CN1CCC(OC2C(F)CNCC2NC(=O)C2C(N)NN3CC(F)CNC23)CC1. The van der Waals surface area contributed by atoms with Gasteiger partial charge in [0.15, 0.2) is 0 Å². The van der Waals surface area contributed by atoms with Crippen molar-refractivity contribution in [3.8, 4) is 0 Å². The number of rotatable bonds is 4. The quantitative estimate of drug-likeness (QED) is 0.354. The molecule has 9 nitrogen and oxygen atoms in total. The number of hydrogen-bond acceptors (Lipinski definition) is 8. The lowest BCUT2D eigenvalue weighted by Crippen LogP contribution is -2.64. The van der Waals surface area contributed by atoms with Crippen molar-refractivity contribution in [3.63, 3.8) is 0 Å². The van der Waals surface area contributed by atoms with E-state index in [1.165, 1.54) is 0 Å². The van der Waals surface area contributed by atoms with Gasteiger partial charge in [0.2, 0.25) is 5.91 Å². The van der Waals surface area contributed by atoms with Gasteiger partial charge in [0.1, 0.15) is 18.4 Å². The fourth-order valence-electron chi connectivity index (χ4n) is 4.78. The molecule has 4 fully saturated rings. The Morgan fingerprint density at radius 1 is 1.21 bits per heavy atom. The zero-order chi connectivity index (χ0) is 20.5. The summed E-state index contributed by atoms with van der Waals surface area (Å²) in [5, 5.41) is 10.7. The van der Waals surface area contributed by atoms with E-state index >= 15 is 0 Å². The van der Waals surface area contributed by atoms with Gasteiger partial charge in [-0.25, -0.2) is 19.2 Å². The summed E-state index contributed by atoms with van der Waals surface area (Å²) in [5.74, 6) is -0.883. The molecular weight excluding hydrogens is 384 g/mol. The molecule has 0 aliphatic carbocycles. The molecular formula is C18H33F2N7O2. The molecule has 0 aromatic carbocycles. The van der Waals surface area contributed by atoms with E-state index in [0.29, 0.717) is 6.54 Å². The van der Waals surface area contributed by atoms with E-state index in [9.17, 15) is 13.6 Å². The van der Waals surface area contributed by atoms with Crippen LogP contribution in [0.1, 0.15) is 12.8 Å². The highest BCUT2D eigenvalue weighted by atomic mass is 19.1. The number of likely N-dealkylation sites (tertiary alicyclic amines) is 1. The van der Waals surface area contributed by atoms with Gasteiger partial charge >= 0.3 is 0 Å². The number of carbonyl (C=O) groups is 1. The van der Waals surface area contributed by atoms with E-state index in [2.05, 4.69) is 33.3 Å². The second-order valence-corrected chi connectivity index (χ2v) is 8.68. The van der Waals surface area contributed by atoms with Crippen molar-refractivity contribution in [2.45, 2.75) is 55.8 Å². The molecule has 4 heterocycles. The average molecular weight is 418 g/mol. The molecule has 0 bridgehead atoms. The van der Waals surface area contributed by atoms with Gasteiger partial charge in [-0.15, -0.1) is 0 Å². The summed E-state index contributed by atoms with van der Waals surface area (Å²) in [6.45, 7) is 2.85. The van der Waals surface area contributed by atoms with E-state index in [4.69, 9.17) is 10.5 Å². The summed E-state index contributed by atoms with van der Waals surface area (Å²) >= 11 is 0. The second kappa shape index (κ2) is 9.04. The minimum absolute atomic E-state index is 0.000605. The number of alkyl halides is 2. The van der Waals surface area contributed by atoms with Crippen molar-refractivity contribution in [2.24, 2.45) is 11.7 Å². The van der Waals surface area contributed by atoms with Crippen LogP contribution in [0.5, 0.6) is 0 Å². The standard InChI is InChI=1S/C18H33F2N7O2/c1-26-4-2-11(3-5-26)29-15-12(20)7-22-8-13(15)24-18(28)14-16(21)25-27-9-10(19)6-23-17(14)27/h10-17,22-23,25H,2-9,21H2,1H3,(H,24,28). The summed E-state index contributed by atoms with van der Waals surface area (Å²) in [6.07, 6.45) is -2.21. The van der Waals surface area contributed by atoms with E-state index in [-0.39, 0.29) is 37.8 Å². The molecule has 4 rings (SSSR count). The van der Waals surface area contributed by atoms with Crippen molar-refractivity contribution in [1.29, 1.82) is 0 Å². The Morgan fingerprint density at radius 3 is 2.72 bits per heavy atom. The summed E-state index contributed by atoms with van der Waals surface area (Å²) in [5.41, 5.74) is 9.08. The molecule has 0 spiro atoms. The fraction of sp³-hybridized carbons (Fsp3) is 0.944. The molecule has 166 valence electrons. The number of nitrogens with one attached hydrogen (secondary N) is 4.